The predicted octanol–water partition coefficient (Wildman–Crippen LogP) is 4.68. The van der Waals surface area contributed by atoms with Gasteiger partial charge in [-0.25, -0.2) is 0 Å². The van der Waals surface area contributed by atoms with Gasteiger partial charge in [-0.2, -0.15) is 0 Å². The van der Waals surface area contributed by atoms with Gasteiger partial charge >= 0.3 is 0 Å². The Morgan fingerprint density at radius 3 is 2.20 bits per heavy atom. The molecule has 3 N–H and O–H groups in total. The number of aliphatic hydroxyl groups excluding tert-OH is 2. The molecule has 35 heavy (non-hydrogen) atoms. The number of rotatable bonds is 9. The molecule has 1 aliphatic rings. The van der Waals surface area contributed by atoms with E-state index in [1.54, 1.807) is 12.1 Å². The molecule has 0 radical (unpaired) electrons. The molecule has 1 amide bonds. The van der Waals surface area contributed by atoms with E-state index in [4.69, 9.17) is 10.2 Å². The van der Waals surface area contributed by atoms with Crippen LogP contribution in [0.25, 0.3) is 0 Å². The molecule has 1 aliphatic heterocycles. The van der Waals surface area contributed by atoms with E-state index in [0.717, 1.165) is 56.9 Å². The molecule has 2 aromatic carbocycles. The van der Waals surface area contributed by atoms with Crippen LogP contribution in [-0.4, -0.2) is 53.0 Å². The van der Waals surface area contributed by atoms with Crippen LogP contribution in [0, 0.1) is 0 Å². The maximum absolute atomic E-state index is 12.9. The summed E-state index contributed by atoms with van der Waals surface area (Å²) in [7, 11) is 1.00. The van der Waals surface area contributed by atoms with Gasteiger partial charge in [-0.15, -0.1) is 0 Å². The van der Waals surface area contributed by atoms with Gasteiger partial charge in [0.15, 0.2) is 0 Å². The molecule has 0 aromatic heterocycles. The summed E-state index contributed by atoms with van der Waals surface area (Å²) < 4.78 is 0. The molecule has 0 bridgehead atoms. The lowest BCUT2D eigenvalue weighted by Crippen LogP contribution is -2.56. The number of likely N-dealkylation sites (tertiary alicyclic amines) is 1. The Kier molecular flexibility index (Phi) is 14.1. The van der Waals surface area contributed by atoms with Gasteiger partial charge in [0.05, 0.1) is 18.2 Å². The zero-order valence-electron chi connectivity index (χ0n) is 22.1. The van der Waals surface area contributed by atoms with E-state index >= 15 is 0 Å². The molecule has 1 saturated heterocycles. The van der Waals surface area contributed by atoms with Crippen molar-refractivity contribution in [1.82, 2.24) is 10.2 Å². The smallest absolute Gasteiger partial charge is 0.240 e. The number of aldehydes is 1. The molecule has 0 aliphatic carbocycles. The molecule has 2 unspecified atom stereocenters. The topological polar surface area (TPSA) is 89.9 Å². The third-order valence-corrected chi connectivity index (χ3v) is 6.53. The van der Waals surface area contributed by atoms with Crippen molar-refractivity contribution in [2.75, 3.05) is 20.2 Å². The highest BCUT2D eigenvalue weighted by Gasteiger charge is 2.40. The highest BCUT2D eigenvalue weighted by molar-refractivity contribution is 5.86. The van der Waals surface area contributed by atoms with Crippen molar-refractivity contribution >= 4 is 12.2 Å². The molecule has 0 saturated carbocycles. The van der Waals surface area contributed by atoms with E-state index in [1.807, 2.05) is 37.3 Å². The van der Waals surface area contributed by atoms with Crippen LogP contribution < -0.4 is 5.32 Å². The number of carbonyl (C=O) groups is 2. The number of aryl methyl sites for hydroxylation is 1. The average Bonchev–Trinajstić information content (AvgIpc) is 3.46. The van der Waals surface area contributed by atoms with E-state index in [0.29, 0.717) is 5.56 Å². The summed E-state index contributed by atoms with van der Waals surface area (Å²) in [5.41, 5.74) is 3.53. The largest absolute Gasteiger partial charge is 0.400 e. The fraction of sp³-hybridized carbons (Fsp3) is 0.517. The number of carbonyl (C=O) groups excluding carboxylic acids is 2. The molecule has 1 heterocycles. The standard InChI is InChI=1S/C19H28N2O2.C9H12O.CH4O/c1-4-11-19(3,21-12-5-6-13-21)18(23)20-15(2)17-9-7-16(14-22)8-10-17;1-2-8-4-3-5-9(6-8)7-10;1-2/h7-10,14-15H,4-6,11-13H2,1-3H3,(H,20,23);3-6,10H,2,7H2,1H3;2H,1H3. The maximum atomic E-state index is 12.9. The molecular weight excluding hydrogens is 440 g/mol. The van der Waals surface area contributed by atoms with E-state index < -0.39 is 5.54 Å². The van der Waals surface area contributed by atoms with Crippen molar-refractivity contribution < 1.29 is 19.8 Å². The third-order valence-electron chi connectivity index (χ3n) is 6.53. The summed E-state index contributed by atoms with van der Waals surface area (Å²) in [4.78, 5) is 26.0. The monoisotopic (exact) mass is 484 g/mol. The van der Waals surface area contributed by atoms with Crippen molar-refractivity contribution in [2.24, 2.45) is 0 Å². The molecule has 194 valence electrons. The van der Waals surface area contributed by atoms with Crippen LogP contribution in [0.3, 0.4) is 0 Å². The van der Waals surface area contributed by atoms with Crippen molar-refractivity contribution in [3.8, 4) is 0 Å². The molecule has 2 aromatic rings. The Morgan fingerprint density at radius 2 is 1.69 bits per heavy atom. The van der Waals surface area contributed by atoms with Crippen LogP contribution in [0.15, 0.2) is 48.5 Å². The number of nitrogens with zero attached hydrogens (tertiary/aromatic N) is 1. The fourth-order valence-corrected chi connectivity index (χ4v) is 4.36. The van der Waals surface area contributed by atoms with E-state index in [1.165, 1.54) is 18.4 Å². The van der Waals surface area contributed by atoms with E-state index in [-0.39, 0.29) is 18.6 Å². The first-order valence-corrected chi connectivity index (χ1v) is 12.6. The highest BCUT2D eigenvalue weighted by atomic mass is 16.3. The van der Waals surface area contributed by atoms with E-state index in [2.05, 4.69) is 37.1 Å². The first kappa shape index (κ1) is 30.5. The van der Waals surface area contributed by atoms with Gasteiger partial charge in [0.1, 0.15) is 6.29 Å². The van der Waals surface area contributed by atoms with Gasteiger partial charge in [0.2, 0.25) is 5.91 Å². The normalized spacial score (nSPS) is 15.5. The van der Waals surface area contributed by atoms with Gasteiger partial charge in [-0.1, -0.05) is 68.8 Å². The summed E-state index contributed by atoms with van der Waals surface area (Å²) in [6, 6.07) is 15.3. The Bertz CT molecular complexity index is 859. The molecule has 2 atom stereocenters. The number of amides is 1. The van der Waals surface area contributed by atoms with Crippen molar-refractivity contribution in [3.63, 3.8) is 0 Å². The second kappa shape index (κ2) is 16.2. The Hall–Kier alpha value is -2.54. The van der Waals surface area contributed by atoms with Crippen LogP contribution in [-0.2, 0) is 17.8 Å². The minimum Gasteiger partial charge on any atom is -0.400 e. The molecule has 3 rings (SSSR count). The molecular formula is C29H44N2O4. The summed E-state index contributed by atoms with van der Waals surface area (Å²) in [5.74, 6) is 0.105. The molecule has 6 heteroatoms. The van der Waals surface area contributed by atoms with E-state index in [9.17, 15) is 9.59 Å². The van der Waals surface area contributed by atoms with Crippen molar-refractivity contribution in [1.29, 1.82) is 0 Å². The Morgan fingerprint density at radius 1 is 1.09 bits per heavy atom. The lowest BCUT2D eigenvalue weighted by atomic mass is 9.92. The second-order valence-electron chi connectivity index (χ2n) is 9.03. The first-order chi connectivity index (χ1) is 16.9. The van der Waals surface area contributed by atoms with Gasteiger partial charge in [-0.3, -0.25) is 14.5 Å². The van der Waals surface area contributed by atoms with Crippen molar-refractivity contribution in [3.05, 3.63) is 70.8 Å². The third kappa shape index (κ3) is 9.21. The number of nitrogens with one attached hydrogen (secondary N) is 1. The number of benzene rings is 2. The summed E-state index contributed by atoms with van der Waals surface area (Å²) >= 11 is 0. The maximum Gasteiger partial charge on any atom is 0.240 e. The van der Waals surface area contributed by atoms with Crippen LogP contribution in [0.5, 0.6) is 0 Å². The molecule has 0 spiro atoms. The first-order valence-electron chi connectivity index (χ1n) is 12.6. The average molecular weight is 485 g/mol. The van der Waals surface area contributed by atoms with Crippen LogP contribution >= 0.6 is 0 Å². The Labute approximate surface area is 211 Å². The van der Waals surface area contributed by atoms with Crippen LogP contribution in [0.4, 0.5) is 0 Å². The number of hydrogen-bond acceptors (Lipinski definition) is 5. The van der Waals surface area contributed by atoms with Gasteiger partial charge in [0, 0.05) is 12.7 Å². The minimum absolute atomic E-state index is 0.0676. The zero-order chi connectivity index (χ0) is 26.3. The summed E-state index contributed by atoms with van der Waals surface area (Å²) in [6.07, 6.45) is 6.08. The van der Waals surface area contributed by atoms with Crippen LogP contribution in [0.2, 0.25) is 0 Å². The summed E-state index contributed by atoms with van der Waals surface area (Å²) in [6.45, 7) is 10.5. The van der Waals surface area contributed by atoms with Gasteiger partial charge < -0.3 is 15.5 Å². The van der Waals surface area contributed by atoms with Gasteiger partial charge in [-0.05, 0) is 69.3 Å². The minimum atomic E-state index is -0.428. The van der Waals surface area contributed by atoms with Crippen LogP contribution in [0.1, 0.15) is 86.5 Å². The fourth-order valence-electron chi connectivity index (χ4n) is 4.36. The molecule has 1 fully saturated rings. The SMILES string of the molecule is CCCC(C)(C(=O)NC(C)c1ccc(C=O)cc1)N1CCCC1.CCc1cccc(CO)c1.CO. The molecule has 6 nitrogen and oxygen atoms in total. The lowest BCUT2D eigenvalue weighted by Gasteiger charge is -2.38. The highest BCUT2D eigenvalue weighted by Crippen LogP contribution is 2.27. The number of hydrogen-bond donors (Lipinski definition) is 3. The van der Waals surface area contributed by atoms with Gasteiger partial charge in [0.25, 0.3) is 0 Å². The Balaban J connectivity index is 0.000000425. The lowest BCUT2D eigenvalue weighted by molar-refractivity contribution is -0.133. The second-order valence-corrected chi connectivity index (χ2v) is 9.03. The summed E-state index contributed by atoms with van der Waals surface area (Å²) in [5, 5.41) is 18.9. The number of aliphatic hydroxyl groups is 2. The van der Waals surface area contributed by atoms with Crippen molar-refractivity contribution in [2.45, 2.75) is 78.0 Å². The quantitative estimate of drug-likeness (QED) is 0.450. The zero-order valence-corrected chi connectivity index (χ0v) is 22.1. The predicted molar refractivity (Wildman–Crippen MR) is 142 cm³/mol.